The van der Waals surface area contributed by atoms with Gasteiger partial charge in [-0.2, -0.15) is 6.66 Å². The van der Waals surface area contributed by atoms with Gasteiger partial charge in [-0.15, -0.1) is 0 Å². The number of ether oxygens (including phenoxy) is 1. The molecule has 0 saturated heterocycles. The van der Waals surface area contributed by atoms with Gasteiger partial charge in [-0.05, 0) is 70.4 Å². The first kappa shape index (κ1) is 21.7. The van der Waals surface area contributed by atoms with Crippen molar-refractivity contribution in [3.8, 4) is 5.75 Å². The summed E-state index contributed by atoms with van der Waals surface area (Å²) in [5.74, 6) is 1.05. The van der Waals surface area contributed by atoms with Gasteiger partial charge in [0.15, 0.2) is 0 Å². The van der Waals surface area contributed by atoms with E-state index >= 15 is 0 Å². The van der Waals surface area contributed by atoms with Crippen LogP contribution in [-0.2, 0) is 18.2 Å². The molecule has 0 spiro atoms. The predicted octanol–water partition coefficient (Wildman–Crippen LogP) is 6.87. The third-order valence-corrected chi connectivity index (χ3v) is 10.9. The van der Waals surface area contributed by atoms with Gasteiger partial charge in [0.05, 0.1) is 11.9 Å². The number of hydrogen-bond acceptors (Lipinski definition) is 1. The summed E-state index contributed by atoms with van der Waals surface area (Å²) in [7, 11) is 3.14. The van der Waals surface area contributed by atoms with Crippen LogP contribution in [0, 0.1) is 6.66 Å². The molecule has 25 heavy (non-hydrogen) atoms. The average Bonchev–Trinajstić information content (AvgIpc) is 2.71. The van der Waals surface area contributed by atoms with Crippen LogP contribution in [0.3, 0.4) is 0 Å². The molecule has 4 heteroatoms. The molecule has 2 saturated carbocycles. The second-order valence-electron chi connectivity index (χ2n) is 7.44. The zero-order valence-corrected chi connectivity index (χ0v) is 18.7. The Hall–Kier alpha value is 0.402. The van der Waals surface area contributed by atoms with Crippen molar-refractivity contribution in [3.63, 3.8) is 0 Å². The molecule has 0 amide bonds. The summed E-state index contributed by atoms with van der Waals surface area (Å²) in [6.45, 7) is 7.86. The molecule has 0 atom stereocenters. The Labute approximate surface area is 170 Å². The van der Waals surface area contributed by atoms with Crippen molar-refractivity contribution >= 4 is 22.1 Å². The number of hydrogen-bond donors (Lipinski definition) is 0. The molecular formula is C21H33ClOPPd+. The van der Waals surface area contributed by atoms with E-state index in [1.54, 1.807) is 5.30 Å². The third kappa shape index (κ3) is 5.45. The Morgan fingerprint density at radius 1 is 1.00 bits per heavy atom. The maximum absolute atomic E-state index is 5.81. The summed E-state index contributed by atoms with van der Waals surface area (Å²) in [5, 5.41) is 1.54. The van der Waals surface area contributed by atoms with Crippen molar-refractivity contribution in [1.82, 2.24) is 0 Å². The second-order valence-corrected chi connectivity index (χ2v) is 11.3. The normalized spacial score (nSPS) is 19.9. The SMILES string of the molecule is [CH2-][P+](c1cccc(OCC)c1)(C1CCCCC1)C1CCCCC1.[Cl][Pd+]. The molecule has 0 radical (unpaired) electrons. The minimum absolute atomic E-state index is 0.749. The van der Waals surface area contributed by atoms with Gasteiger partial charge in [-0.25, -0.2) is 0 Å². The van der Waals surface area contributed by atoms with Gasteiger partial charge in [0, 0.05) is 17.4 Å². The van der Waals surface area contributed by atoms with E-state index in [2.05, 4.69) is 58.9 Å². The minimum atomic E-state index is -1.35. The fraction of sp³-hybridized carbons (Fsp3) is 0.667. The quantitative estimate of drug-likeness (QED) is 0.257. The molecule has 0 bridgehead atoms. The van der Waals surface area contributed by atoms with Crippen LogP contribution in [0.5, 0.6) is 5.75 Å². The van der Waals surface area contributed by atoms with Crippen molar-refractivity contribution in [1.29, 1.82) is 0 Å². The number of rotatable bonds is 5. The Balaban J connectivity index is 0.00000109. The molecule has 0 heterocycles. The molecule has 1 aromatic carbocycles. The topological polar surface area (TPSA) is 9.23 Å². The van der Waals surface area contributed by atoms with Crippen LogP contribution in [0.15, 0.2) is 24.3 Å². The van der Waals surface area contributed by atoms with Crippen LogP contribution in [0.4, 0.5) is 0 Å². The Kier molecular flexibility index (Phi) is 9.80. The molecule has 1 aromatic rings. The van der Waals surface area contributed by atoms with Gasteiger partial charge < -0.3 is 4.74 Å². The first-order valence-electron chi connectivity index (χ1n) is 9.83. The van der Waals surface area contributed by atoms with Crippen LogP contribution in [-0.4, -0.2) is 17.9 Å². The van der Waals surface area contributed by atoms with Crippen molar-refractivity contribution in [2.75, 3.05) is 6.61 Å². The molecule has 144 valence electrons. The van der Waals surface area contributed by atoms with E-state index in [1.807, 2.05) is 0 Å². The summed E-state index contributed by atoms with van der Waals surface area (Å²) in [5.41, 5.74) is 1.72. The Morgan fingerprint density at radius 3 is 2.00 bits per heavy atom. The summed E-state index contributed by atoms with van der Waals surface area (Å²) >= 11 is 2.22. The van der Waals surface area contributed by atoms with E-state index in [0.717, 1.165) is 23.7 Å². The Morgan fingerprint density at radius 2 is 1.52 bits per heavy atom. The summed E-state index contributed by atoms with van der Waals surface area (Å²) in [4.78, 5) is 0. The molecule has 2 aliphatic rings. The van der Waals surface area contributed by atoms with E-state index < -0.39 is 7.26 Å². The second kappa shape index (κ2) is 11.3. The van der Waals surface area contributed by atoms with E-state index in [0.29, 0.717) is 0 Å². The predicted molar refractivity (Wildman–Crippen MR) is 109 cm³/mol. The van der Waals surface area contributed by atoms with Gasteiger partial charge in [0.2, 0.25) is 0 Å². The number of benzene rings is 1. The van der Waals surface area contributed by atoms with Crippen LogP contribution in [0.1, 0.15) is 71.1 Å². The number of halogens is 1. The maximum atomic E-state index is 5.81. The van der Waals surface area contributed by atoms with E-state index in [1.165, 1.54) is 64.2 Å². The molecule has 1 nitrogen and oxygen atoms in total. The monoisotopic (exact) mass is 473 g/mol. The fourth-order valence-electron chi connectivity index (χ4n) is 4.80. The van der Waals surface area contributed by atoms with Gasteiger partial charge in [-0.3, -0.25) is 0 Å². The van der Waals surface area contributed by atoms with Gasteiger partial charge in [0.25, 0.3) is 0 Å². The first-order valence-corrected chi connectivity index (χ1v) is 13.9. The van der Waals surface area contributed by atoms with Crippen LogP contribution in [0.2, 0.25) is 0 Å². The molecule has 0 aromatic heterocycles. The zero-order chi connectivity index (χ0) is 18.1. The fourth-order valence-corrected chi connectivity index (χ4v) is 9.55. The summed E-state index contributed by atoms with van der Waals surface area (Å²) < 4.78 is 5.81. The van der Waals surface area contributed by atoms with E-state index in [9.17, 15) is 0 Å². The average molecular weight is 474 g/mol. The molecule has 0 aliphatic heterocycles. The van der Waals surface area contributed by atoms with Gasteiger partial charge in [0.1, 0.15) is 5.75 Å². The molecule has 3 rings (SSSR count). The molecule has 2 fully saturated rings. The first-order chi connectivity index (χ1) is 12.2. The summed E-state index contributed by atoms with van der Waals surface area (Å²) in [6, 6.07) is 9.02. The molecule has 0 unspecified atom stereocenters. The zero-order valence-electron chi connectivity index (χ0n) is 15.5. The van der Waals surface area contributed by atoms with E-state index in [4.69, 9.17) is 11.4 Å². The van der Waals surface area contributed by atoms with E-state index in [-0.39, 0.29) is 0 Å². The van der Waals surface area contributed by atoms with Crippen molar-refractivity contribution < 1.29 is 22.9 Å². The van der Waals surface area contributed by atoms with Crippen LogP contribution < -0.4 is 10.0 Å². The van der Waals surface area contributed by atoms with Crippen LogP contribution in [0.25, 0.3) is 0 Å². The Bertz CT molecular complexity index is 480. The third-order valence-electron chi connectivity index (χ3n) is 6.06. The van der Waals surface area contributed by atoms with Crippen molar-refractivity contribution in [2.45, 2.75) is 82.4 Å². The molecule has 2 aliphatic carbocycles. The summed E-state index contributed by atoms with van der Waals surface area (Å²) in [6.07, 6.45) is 14.2. The van der Waals surface area contributed by atoms with Crippen LogP contribution >= 0.6 is 16.8 Å². The van der Waals surface area contributed by atoms with Crippen molar-refractivity contribution in [3.05, 3.63) is 30.9 Å². The van der Waals surface area contributed by atoms with Gasteiger partial charge in [-0.1, -0.05) is 26.2 Å². The van der Waals surface area contributed by atoms with Gasteiger partial charge >= 0.3 is 27.7 Å². The van der Waals surface area contributed by atoms with Crippen molar-refractivity contribution in [2.24, 2.45) is 0 Å². The molecule has 0 N–H and O–H groups in total. The molecular weight excluding hydrogens is 441 g/mol. The standard InChI is InChI=1S/C21H33OP.ClH.Pd/c1-3-22-18-11-10-16-21(17-18)23(2,19-12-6-4-7-13-19)20-14-8-5-9-15-20;;/h10-11,16-17,19-20H,2-9,12-15H2,1H3;1H;/q;;+2/p-1.